The van der Waals surface area contributed by atoms with Gasteiger partial charge in [-0.3, -0.25) is 14.4 Å². The number of benzene rings is 1. The molecule has 7 nitrogen and oxygen atoms in total. The van der Waals surface area contributed by atoms with Crippen molar-refractivity contribution in [1.29, 1.82) is 0 Å². The molecule has 0 unspecified atom stereocenters. The first-order chi connectivity index (χ1) is 11.7. The average Bonchev–Trinajstić information content (AvgIpc) is 2.64. The Morgan fingerprint density at radius 2 is 1.83 bits per heavy atom. The molecule has 2 aromatic carbocycles. The molecule has 1 aliphatic heterocycles. The van der Waals surface area contributed by atoms with Crippen LogP contribution in [0.1, 0.15) is 5.56 Å². The molecule has 0 atom stereocenters. The van der Waals surface area contributed by atoms with Crippen LogP contribution < -0.4 is 25.8 Å². The van der Waals surface area contributed by atoms with Crippen molar-refractivity contribution in [3.63, 3.8) is 0 Å². The number of hydrogen-bond donors (Lipinski definition) is 1. The monoisotopic (exact) mass is 329 g/mol. The Labute approximate surface area is 139 Å². The molecule has 0 radical (unpaired) electrons. The summed E-state index contributed by atoms with van der Waals surface area (Å²) in [6.45, 7) is 2.60. The highest BCUT2D eigenvalue weighted by molar-refractivity contribution is 5.75. The largest absolute Gasteiger partial charge is 0.496 e. The fourth-order valence-corrected chi connectivity index (χ4v) is 2.93. The quantitative estimate of drug-likeness (QED) is 0.602. The maximum absolute atomic E-state index is 12.0. The first-order valence-electron chi connectivity index (χ1n) is 7.79. The molecule has 1 saturated heterocycles. The number of amides is 1. The molecule has 0 spiro atoms. The van der Waals surface area contributed by atoms with Crippen LogP contribution in [0.4, 0.5) is 11.4 Å². The summed E-state index contributed by atoms with van der Waals surface area (Å²) >= 11 is 0. The molecular formula is C17H19N3O4. The number of carbonyl (C=O) groups excluding carboxylic acids is 1. The van der Waals surface area contributed by atoms with Gasteiger partial charge in [-0.05, 0) is 6.07 Å². The van der Waals surface area contributed by atoms with E-state index >= 15 is 0 Å². The molecular weight excluding hydrogens is 310 g/mol. The first-order valence-corrected chi connectivity index (χ1v) is 7.79. The second-order valence-electron chi connectivity index (χ2n) is 5.68. The summed E-state index contributed by atoms with van der Waals surface area (Å²) in [6, 6.07) is 7.51. The van der Waals surface area contributed by atoms with E-state index in [0.29, 0.717) is 44.1 Å². The van der Waals surface area contributed by atoms with Crippen LogP contribution in [0.5, 0.6) is 5.75 Å². The minimum absolute atomic E-state index is 0.352. The number of methoxy groups -OCH3 is 1. The van der Waals surface area contributed by atoms with E-state index in [1.807, 2.05) is 29.2 Å². The number of nitrogens with zero attached hydrogens (tertiary/aromatic N) is 2. The highest BCUT2D eigenvalue weighted by atomic mass is 16.5. The van der Waals surface area contributed by atoms with Gasteiger partial charge >= 0.3 is 0 Å². The van der Waals surface area contributed by atoms with Crippen molar-refractivity contribution in [2.45, 2.75) is 6.54 Å². The summed E-state index contributed by atoms with van der Waals surface area (Å²) in [4.78, 5) is 38.2. The van der Waals surface area contributed by atoms with Gasteiger partial charge in [0.1, 0.15) is 17.1 Å². The summed E-state index contributed by atoms with van der Waals surface area (Å²) in [5.41, 5.74) is 0.741. The zero-order valence-electron chi connectivity index (χ0n) is 13.4. The molecule has 0 saturated carbocycles. The van der Waals surface area contributed by atoms with Crippen LogP contribution in [0.15, 0.2) is 33.9 Å². The Bertz CT molecular complexity index is 802. The van der Waals surface area contributed by atoms with Crippen molar-refractivity contribution < 1.29 is 9.53 Å². The molecule has 0 aromatic heterocycles. The van der Waals surface area contributed by atoms with Crippen molar-refractivity contribution in [3.05, 3.63) is 50.3 Å². The molecule has 2 aromatic rings. The number of rotatable bonds is 6. The van der Waals surface area contributed by atoms with Crippen molar-refractivity contribution >= 4 is 17.8 Å². The normalized spacial score (nSPS) is 14.7. The van der Waals surface area contributed by atoms with E-state index in [0.717, 1.165) is 17.7 Å². The zero-order chi connectivity index (χ0) is 17.1. The smallest absolute Gasteiger partial charge is 0.253 e. The SMILES string of the molecule is COc1ccccc1CNc1c(N2CCN(C=O)CC2)c(=O)c1=O. The number of hydrogen-bond acceptors (Lipinski definition) is 6. The Morgan fingerprint density at radius 3 is 2.50 bits per heavy atom. The molecule has 0 bridgehead atoms. The maximum atomic E-state index is 12.0. The molecule has 1 amide bonds. The lowest BCUT2D eigenvalue weighted by atomic mass is 10.1. The number of nitrogens with one attached hydrogen (secondary N) is 1. The van der Waals surface area contributed by atoms with Gasteiger partial charge in [0.15, 0.2) is 0 Å². The van der Waals surface area contributed by atoms with Gasteiger partial charge in [-0.2, -0.15) is 0 Å². The van der Waals surface area contributed by atoms with E-state index in [9.17, 15) is 14.4 Å². The van der Waals surface area contributed by atoms with Gasteiger partial charge in [-0.1, -0.05) is 18.2 Å². The van der Waals surface area contributed by atoms with Crippen molar-refractivity contribution in [2.24, 2.45) is 0 Å². The van der Waals surface area contributed by atoms with Crippen LogP contribution in [0.25, 0.3) is 0 Å². The second-order valence-corrected chi connectivity index (χ2v) is 5.68. The fraction of sp³-hybridized carbons (Fsp3) is 0.353. The van der Waals surface area contributed by atoms with E-state index in [-0.39, 0.29) is 0 Å². The number of anilines is 2. The van der Waals surface area contributed by atoms with Crippen LogP contribution >= 0.6 is 0 Å². The molecule has 1 heterocycles. The maximum Gasteiger partial charge on any atom is 0.253 e. The molecule has 0 aliphatic carbocycles. The van der Waals surface area contributed by atoms with Gasteiger partial charge < -0.3 is 19.9 Å². The van der Waals surface area contributed by atoms with Gasteiger partial charge in [-0.25, -0.2) is 0 Å². The lowest BCUT2D eigenvalue weighted by molar-refractivity contribution is -0.118. The highest BCUT2D eigenvalue weighted by Crippen LogP contribution is 2.24. The summed E-state index contributed by atoms with van der Waals surface area (Å²) in [6.07, 6.45) is 0.806. The molecule has 1 aliphatic rings. The van der Waals surface area contributed by atoms with Crippen LogP contribution in [-0.4, -0.2) is 44.6 Å². The molecule has 7 heteroatoms. The zero-order valence-corrected chi connectivity index (χ0v) is 13.4. The van der Waals surface area contributed by atoms with Gasteiger partial charge in [0.05, 0.1) is 7.11 Å². The van der Waals surface area contributed by atoms with E-state index in [4.69, 9.17) is 4.74 Å². The van der Waals surface area contributed by atoms with Crippen LogP contribution in [0.3, 0.4) is 0 Å². The van der Waals surface area contributed by atoms with Gasteiger partial charge in [0.25, 0.3) is 10.9 Å². The van der Waals surface area contributed by atoms with Crippen molar-refractivity contribution in [2.75, 3.05) is 43.5 Å². The Balaban J connectivity index is 1.73. The van der Waals surface area contributed by atoms with Gasteiger partial charge in [0.2, 0.25) is 6.41 Å². The molecule has 1 fully saturated rings. The summed E-state index contributed by atoms with van der Waals surface area (Å²) in [5.74, 6) is 0.727. The third-order valence-electron chi connectivity index (χ3n) is 4.31. The molecule has 3 rings (SSSR count). The number of para-hydroxylation sites is 1. The summed E-state index contributed by atoms with van der Waals surface area (Å²) in [7, 11) is 1.59. The number of ether oxygens (including phenoxy) is 1. The highest BCUT2D eigenvalue weighted by Gasteiger charge is 2.28. The third-order valence-corrected chi connectivity index (χ3v) is 4.31. The predicted molar refractivity (Wildman–Crippen MR) is 91.5 cm³/mol. The standard InChI is InChI=1S/C17H19N3O4/c1-24-13-5-3-2-4-12(13)10-18-14-15(17(23)16(14)22)20-8-6-19(11-21)7-9-20/h2-5,11,18H,6-10H2,1H3. The van der Waals surface area contributed by atoms with Crippen LogP contribution in [-0.2, 0) is 11.3 Å². The lowest BCUT2D eigenvalue weighted by Crippen LogP contribution is -2.51. The minimum atomic E-state index is -0.488. The van der Waals surface area contributed by atoms with Crippen molar-refractivity contribution in [1.82, 2.24) is 4.90 Å². The molecule has 24 heavy (non-hydrogen) atoms. The van der Waals surface area contributed by atoms with Crippen LogP contribution in [0.2, 0.25) is 0 Å². The fourth-order valence-electron chi connectivity index (χ4n) is 2.93. The van der Waals surface area contributed by atoms with E-state index in [1.54, 1.807) is 12.0 Å². The van der Waals surface area contributed by atoms with E-state index in [1.165, 1.54) is 0 Å². The molecule has 1 N–H and O–H groups in total. The van der Waals surface area contributed by atoms with E-state index < -0.39 is 10.9 Å². The first kappa shape index (κ1) is 16.0. The Morgan fingerprint density at radius 1 is 1.12 bits per heavy atom. The lowest BCUT2D eigenvalue weighted by Gasteiger charge is -2.35. The summed E-state index contributed by atoms with van der Waals surface area (Å²) < 4.78 is 5.29. The van der Waals surface area contributed by atoms with Gasteiger partial charge in [0, 0.05) is 38.3 Å². The molecule has 126 valence electrons. The average molecular weight is 329 g/mol. The van der Waals surface area contributed by atoms with E-state index in [2.05, 4.69) is 5.32 Å². The van der Waals surface area contributed by atoms with Gasteiger partial charge in [-0.15, -0.1) is 0 Å². The Kier molecular flexibility index (Phi) is 4.50. The number of piperazine rings is 1. The van der Waals surface area contributed by atoms with Crippen LogP contribution in [0, 0.1) is 0 Å². The topological polar surface area (TPSA) is 79.0 Å². The second kappa shape index (κ2) is 6.74. The van der Waals surface area contributed by atoms with Crippen molar-refractivity contribution in [3.8, 4) is 5.75 Å². The minimum Gasteiger partial charge on any atom is -0.496 e. The Hall–Kier alpha value is -2.83. The third kappa shape index (κ3) is 2.84. The number of carbonyl (C=O) groups is 1. The predicted octanol–water partition coefficient (Wildman–Crippen LogP) is 0.182. The summed E-state index contributed by atoms with van der Waals surface area (Å²) in [5, 5.41) is 3.07.